The highest BCUT2D eigenvalue weighted by molar-refractivity contribution is 5.32. The summed E-state index contributed by atoms with van der Waals surface area (Å²) in [5.41, 5.74) is 4.45. The smallest absolute Gasteiger partial charge is 0.289 e. The van der Waals surface area contributed by atoms with Crippen LogP contribution in [0.15, 0.2) is 48.7 Å². The molecule has 1 fully saturated rings. The maximum Gasteiger partial charge on any atom is 0.416 e. The third kappa shape index (κ3) is 4.56. The number of hydrogen-bond donors (Lipinski definition) is 0. The highest BCUT2D eigenvalue weighted by atomic mass is 19.4. The molecule has 0 bridgehead atoms. The zero-order valence-electron chi connectivity index (χ0n) is 17.2. The molecule has 2 aromatic heterocycles. The van der Waals surface area contributed by atoms with Crippen LogP contribution in [-0.4, -0.2) is 26.2 Å². The molecule has 1 aliphatic heterocycles. The van der Waals surface area contributed by atoms with Crippen molar-refractivity contribution in [3.05, 3.63) is 82.4 Å². The van der Waals surface area contributed by atoms with Crippen LogP contribution in [0.25, 0.3) is 0 Å². The van der Waals surface area contributed by atoms with Gasteiger partial charge in [-0.15, -0.1) is 0 Å². The Kier molecular flexibility index (Phi) is 5.64. The molecule has 1 aromatic carbocycles. The van der Waals surface area contributed by atoms with Crippen molar-refractivity contribution >= 4 is 0 Å². The molecule has 0 spiro atoms. The van der Waals surface area contributed by atoms with E-state index in [9.17, 15) is 13.2 Å². The van der Waals surface area contributed by atoms with Gasteiger partial charge in [0.1, 0.15) is 0 Å². The topological polar surface area (TPSA) is 34.0 Å². The van der Waals surface area contributed by atoms with Crippen molar-refractivity contribution in [1.82, 2.24) is 19.7 Å². The van der Waals surface area contributed by atoms with Gasteiger partial charge in [-0.05, 0) is 74.2 Å². The lowest BCUT2D eigenvalue weighted by atomic mass is 10.0. The molecule has 0 saturated carbocycles. The predicted molar refractivity (Wildman–Crippen MR) is 109 cm³/mol. The molecule has 3 heterocycles. The van der Waals surface area contributed by atoms with E-state index in [1.54, 1.807) is 12.1 Å². The number of benzene rings is 1. The molecule has 0 radical (unpaired) electrons. The second-order valence-electron chi connectivity index (χ2n) is 7.99. The van der Waals surface area contributed by atoms with Crippen molar-refractivity contribution in [1.29, 1.82) is 0 Å². The Labute approximate surface area is 174 Å². The molecule has 158 valence electrons. The van der Waals surface area contributed by atoms with E-state index in [0.717, 1.165) is 60.6 Å². The van der Waals surface area contributed by atoms with Gasteiger partial charge in [0.25, 0.3) is 0 Å². The van der Waals surface area contributed by atoms with Crippen molar-refractivity contribution in [2.75, 3.05) is 6.54 Å². The third-order valence-corrected chi connectivity index (χ3v) is 5.72. The van der Waals surface area contributed by atoms with Crippen LogP contribution in [0.5, 0.6) is 0 Å². The van der Waals surface area contributed by atoms with Gasteiger partial charge >= 0.3 is 6.18 Å². The minimum Gasteiger partial charge on any atom is -0.289 e. The number of likely N-dealkylation sites (tertiary alicyclic amines) is 1. The molecule has 1 atom stereocenters. The Morgan fingerprint density at radius 1 is 1.07 bits per heavy atom. The number of hydrogen-bond acceptors (Lipinski definition) is 3. The van der Waals surface area contributed by atoms with Crippen LogP contribution in [0.2, 0.25) is 0 Å². The summed E-state index contributed by atoms with van der Waals surface area (Å²) in [6, 6.07) is 11.8. The van der Waals surface area contributed by atoms with Crippen LogP contribution in [0.3, 0.4) is 0 Å². The number of aryl methyl sites for hydroxylation is 2. The first-order valence-corrected chi connectivity index (χ1v) is 10.1. The highest BCUT2D eigenvalue weighted by Gasteiger charge is 2.30. The second kappa shape index (κ2) is 8.22. The first-order chi connectivity index (χ1) is 14.3. The highest BCUT2D eigenvalue weighted by Crippen LogP contribution is 2.33. The van der Waals surface area contributed by atoms with E-state index in [1.807, 2.05) is 37.0 Å². The number of rotatable bonds is 5. The Morgan fingerprint density at radius 3 is 2.50 bits per heavy atom. The first-order valence-electron chi connectivity index (χ1n) is 10.1. The summed E-state index contributed by atoms with van der Waals surface area (Å²) >= 11 is 0. The van der Waals surface area contributed by atoms with E-state index < -0.39 is 11.7 Å². The number of pyridine rings is 1. The minimum absolute atomic E-state index is 0.242. The predicted octanol–water partition coefficient (Wildman–Crippen LogP) is 5.07. The van der Waals surface area contributed by atoms with E-state index in [0.29, 0.717) is 6.42 Å². The molecule has 4 rings (SSSR count). The third-order valence-electron chi connectivity index (χ3n) is 5.72. The Bertz CT molecular complexity index is 1010. The Morgan fingerprint density at radius 2 is 1.83 bits per heavy atom. The van der Waals surface area contributed by atoms with Crippen LogP contribution < -0.4 is 0 Å². The number of halogens is 3. The van der Waals surface area contributed by atoms with Crippen LogP contribution in [0.4, 0.5) is 13.2 Å². The zero-order chi connectivity index (χ0) is 21.3. The van der Waals surface area contributed by atoms with Gasteiger partial charge in [-0.1, -0.05) is 12.1 Å². The molecule has 4 nitrogen and oxygen atoms in total. The van der Waals surface area contributed by atoms with Crippen LogP contribution in [0, 0.1) is 6.92 Å². The fraction of sp³-hybridized carbons (Fsp3) is 0.391. The maximum atomic E-state index is 12.8. The molecule has 3 aromatic rings. The largest absolute Gasteiger partial charge is 0.416 e. The van der Waals surface area contributed by atoms with Gasteiger partial charge in [0.15, 0.2) is 0 Å². The standard InChI is InChI=1S/C23H25F3N4/c1-16-12-18(13-17-5-7-19(8-6-17)23(24,25)26)14-21(28-16)22-4-3-11-30(22)15-20-9-10-27-29(20)2/h5-10,12,14,22H,3-4,11,13,15H2,1-2H3. The summed E-state index contributed by atoms with van der Waals surface area (Å²) in [5, 5.41) is 4.26. The van der Waals surface area contributed by atoms with E-state index in [1.165, 1.54) is 5.69 Å². The summed E-state index contributed by atoms with van der Waals surface area (Å²) in [6.45, 7) is 3.81. The van der Waals surface area contributed by atoms with Gasteiger partial charge in [-0.25, -0.2) is 0 Å². The summed E-state index contributed by atoms with van der Waals surface area (Å²) in [6.07, 6.45) is 0.260. The maximum absolute atomic E-state index is 12.8. The number of nitrogens with zero attached hydrogens (tertiary/aromatic N) is 4. The van der Waals surface area contributed by atoms with Gasteiger partial charge in [0, 0.05) is 25.5 Å². The quantitative estimate of drug-likeness (QED) is 0.585. The SMILES string of the molecule is Cc1cc(Cc2ccc(C(F)(F)F)cc2)cc(C2CCCN2Cc2ccnn2C)n1. The normalized spacial score (nSPS) is 17.6. The van der Waals surface area contributed by atoms with Crippen molar-refractivity contribution in [3.8, 4) is 0 Å². The van der Waals surface area contributed by atoms with E-state index in [4.69, 9.17) is 4.98 Å². The first kappa shape index (κ1) is 20.6. The Hall–Kier alpha value is -2.67. The summed E-state index contributed by atoms with van der Waals surface area (Å²) < 4.78 is 40.3. The molecular weight excluding hydrogens is 389 g/mol. The number of aromatic nitrogens is 3. The average Bonchev–Trinajstić information content (AvgIpc) is 3.31. The number of alkyl halides is 3. The minimum atomic E-state index is -4.31. The van der Waals surface area contributed by atoms with Gasteiger partial charge in [-0.3, -0.25) is 14.6 Å². The molecule has 1 saturated heterocycles. The average molecular weight is 414 g/mol. The van der Waals surface area contributed by atoms with Crippen molar-refractivity contribution in [2.24, 2.45) is 7.05 Å². The van der Waals surface area contributed by atoms with Gasteiger partial charge in [-0.2, -0.15) is 18.3 Å². The molecule has 30 heavy (non-hydrogen) atoms. The van der Waals surface area contributed by atoms with Crippen LogP contribution in [0.1, 0.15) is 52.7 Å². The molecule has 7 heteroatoms. The van der Waals surface area contributed by atoms with Gasteiger partial charge in [0.05, 0.1) is 23.0 Å². The summed E-state index contributed by atoms with van der Waals surface area (Å²) in [5.74, 6) is 0. The lowest BCUT2D eigenvalue weighted by molar-refractivity contribution is -0.137. The van der Waals surface area contributed by atoms with E-state index >= 15 is 0 Å². The molecular formula is C23H25F3N4. The second-order valence-corrected chi connectivity index (χ2v) is 7.99. The van der Waals surface area contributed by atoms with Crippen LogP contribution >= 0.6 is 0 Å². The zero-order valence-corrected chi connectivity index (χ0v) is 17.2. The molecule has 0 N–H and O–H groups in total. The fourth-order valence-electron chi connectivity index (χ4n) is 4.20. The van der Waals surface area contributed by atoms with E-state index in [-0.39, 0.29) is 6.04 Å². The Balaban J connectivity index is 1.53. The molecule has 0 aliphatic carbocycles. The molecule has 0 amide bonds. The van der Waals surface area contributed by atoms with Gasteiger partial charge < -0.3 is 0 Å². The van der Waals surface area contributed by atoms with Crippen molar-refractivity contribution in [2.45, 2.75) is 44.9 Å². The fourth-order valence-corrected chi connectivity index (χ4v) is 4.20. The van der Waals surface area contributed by atoms with Crippen molar-refractivity contribution in [3.63, 3.8) is 0 Å². The van der Waals surface area contributed by atoms with Gasteiger partial charge in [0.2, 0.25) is 0 Å². The monoisotopic (exact) mass is 414 g/mol. The lowest BCUT2D eigenvalue weighted by Crippen LogP contribution is -2.25. The molecule has 1 aliphatic rings. The van der Waals surface area contributed by atoms with E-state index in [2.05, 4.69) is 16.1 Å². The summed E-state index contributed by atoms with van der Waals surface area (Å²) in [7, 11) is 1.95. The molecule has 1 unspecified atom stereocenters. The van der Waals surface area contributed by atoms with Crippen LogP contribution in [-0.2, 0) is 26.2 Å². The lowest BCUT2D eigenvalue weighted by Gasteiger charge is -2.24. The summed E-state index contributed by atoms with van der Waals surface area (Å²) in [4.78, 5) is 7.22. The van der Waals surface area contributed by atoms with Crippen molar-refractivity contribution < 1.29 is 13.2 Å².